The lowest BCUT2D eigenvalue weighted by atomic mass is 10.1. The highest BCUT2D eigenvalue weighted by atomic mass is 79.9. The van der Waals surface area contributed by atoms with Gasteiger partial charge in [-0.25, -0.2) is 8.78 Å². The van der Waals surface area contributed by atoms with Gasteiger partial charge in [-0.3, -0.25) is 4.79 Å². The molecule has 0 aliphatic rings. The third kappa shape index (κ3) is 3.16. The quantitative estimate of drug-likeness (QED) is 0.894. The standard InChI is InChI=1S/C10H11BrF2N2O/c1-5(10(14)16)4-15-9-7(11)2-6(12)3-8(9)13/h2-3,5,15H,4H2,1H3,(H2,14,16). The highest BCUT2D eigenvalue weighted by Gasteiger charge is 2.12. The largest absolute Gasteiger partial charge is 0.381 e. The lowest BCUT2D eigenvalue weighted by Crippen LogP contribution is -2.27. The molecule has 0 bridgehead atoms. The minimum absolute atomic E-state index is 0.120. The van der Waals surface area contributed by atoms with Gasteiger partial charge in [0, 0.05) is 17.1 Å². The van der Waals surface area contributed by atoms with E-state index in [2.05, 4.69) is 21.2 Å². The number of carbonyl (C=O) groups excluding carboxylic acids is 1. The maximum absolute atomic E-state index is 13.3. The molecule has 3 nitrogen and oxygen atoms in total. The van der Waals surface area contributed by atoms with Crippen LogP contribution < -0.4 is 11.1 Å². The minimum atomic E-state index is -0.719. The molecule has 0 saturated heterocycles. The molecular weight excluding hydrogens is 282 g/mol. The summed E-state index contributed by atoms with van der Waals surface area (Å²) >= 11 is 3.03. The number of nitrogens with two attached hydrogens (primary N) is 1. The van der Waals surface area contributed by atoms with Gasteiger partial charge in [0.05, 0.1) is 11.6 Å². The van der Waals surface area contributed by atoms with Crippen molar-refractivity contribution >= 4 is 27.5 Å². The molecule has 0 fully saturated rings. The lowest BCUT2D eigenvalue weighted by molar-refractivity contribution is -0.120. The van der Waals surface area contributed by atoms with Crippen molar-refractivity contribution in [2.24, 2.45) is 11.7 Å². The number of halogens is 3. The molecule has 1 rings (SSSR count). The van der Waals surface area contributed by atoms with Gasteiger partial charge in [0.2, 0.25) is 5.91 Å². The van der Waals surface area contributed by atoms with Crippen molar-refractivity contribution in [1.82, 2.24) is 0 Å². The zero-order chi connectivity index (χ0) is 12.3. The van der Waals surface area contributed by atoms with Crippen LogP contribution in [0.2, 0.25) is 0 Å². The Kier molecular flexibility index (Phi) is 4.23. The maximum atomic E-state index is 13.3. The highest BCUT2D eigenvalue weighted by Crippen LogP contribution is 2.26. The Morgan fingerprint density at radius 1 is 1.56 bits per heavy atom. The van der Waals surface area contributed by atoms with E-state index in [-0.39, 0.29) is 16.7 Å². The van der Waals surface area contributed by atoms with Crippen molar-refractivity contribution < 1.29 is 13.6 Å². The van der Waals surface area contributed by atoms with Crippen LogP contribution >= 0.6 is 15.9 Å². The smallest absolute Gasteiger partial charge is 0.222 e. The fourth-order valence-electron chi connectivity index (χ4n) is 1.07. The van der Waals surface area contributed by atoms with Gasteiger partial charge in [0.1, 0.15) is 11.6 Å². The molecule has 1 amide bonds. The van der Waals surface area contributed by atoms with Gasteiger partial charge in [-0.2, -0.15) is 0 Å². The molecule has 1 unspecified atom stereocenters. The number of anilines is 1. The predicted octanol–water partition coefficient (Wildman–Crippen LogP) is 2.26. The van der Waals surface area contributed by atoms with Crippen molar-refractivity contribution in [3.8, 4) is 0 Å². The average Bonchev–Trinajstić information content (AvgIpc) is 2.15. The fraction of sp³-hybridized carbons (Fsp3) is 0.300. The van der Waals surface area contributed by atoms with E-state index in [1.54, 1.807) is 6.92 Å². The SMILES string of the molecule is CC(CNc1c(F)cc(F)cc1Br)C(N)=O. The molecule has 0 heterocycles. The number of rotatable bonds is 4. The summed E-state index contributed by atoms with van der Waals surface area (Å²) in [5.74, 6) is -2.30. The Bertz CT molecular complexity index is 389. The Balaban J connectivity index is 2.78. The summed E-state index contributed by atoms with van der Waals surface area (Å²) in [7, 11) is 0. The number of nitrogens with one attached hydrogen (secondary N) is 1. The summed E-state index contributed by atoms with van der Waals surface area (Å²) in [5.41, 5.74) is 5.18. The summed E-state index contributed by atoms with van der Waals surface area (Å²) in [5, 5.41) is 2.70. The molecule has 1 aromatic rings. The second-order valence-corrected chi connectivity index (χ2v) is 4.28. The molecule has 3 N–H and O–H groups in total. The van der Waals surface area contributed by atoms with Crippen LogP contribution in [0.5, 0.6) is 0 Å². The van der Waals surface area contributed by atoms with E-state index in [1.165, 1.54) is 0 Å². The van der Waals surface area contributed by atoms with E-state index in [0.717, 1.165) is 12.1 Å². The Labute approximate surface area is 100 Å². The van der Waals surface area contributed by atoms with Crippen molar-refractivity contribution in [3.05, 3.63) is 28.2 Å². The van der Waals surface area contributed by atoms with Crippen LogP contribution in [-0.2, 0) is 4.79 Å². The summed E-state index contributed by atoms with van der Waals surface area (Å²) in [6.07, 6.45) is 0. The predicted molar refractivity (Wildman–Crippen MR) is 60.9 cm³/mol. The van der Waals surface area contributed by atoms with E-state index >= 15 is 0 Å². The van der Waals surface area contributed by atoms with Crippen molar-refractivity contribution in [1.29, 1.82) is 0 Å². The molecule has 0 spiro atoms. The highest BCUT2D eigenvalue weighted by molar-refractivity contribution is 9.10. The Morgan fingerprint density at radius 2 is 2.19 bits per heavy atom. The number of amides is 1. The average molecular weight is 293 g/mol. The molecular formula is C10H11BrF2N2O. The van der Waals surface area contributed by atoms with Gasteiger partial charge in [0.25, 0.3) is 0 Å². The molecule has 0 radical (unpaired) electrons. The molecule has 0 aromatic heterocycles. The van der Waals surface area contributed by atoms with Crippen LogP contribution in [0.15, 0.2) is 16.6 Å². The molecule has 0 saturated carbocycles. The van der Waals surface area contributed by atoms with Crippen LogP contribution in [-0.4, -0.2) is 12.5 Å². The van der Waals surface area contributed by atoms with Crippen LogP contribution in [0, 0.1) is 17.6 Å². The van der Waals surface area contributed by atoms with Gasteiger partial charge in [-0.1, -0.05) is 6.92 Å². The van der Waals surface area contributed by atoms with Crippen LogP contribution in [0.25, 0.3) is 0 Å². The Hall–Kier alpha value is -1.17. The Morgan fingerprint density at radius 3 is 2.69 bits per heavy atom. The topological polar surface area (TPSA) is 55.1 Å². The molecule has 1 atom stereocenters. The first-order valence-corrected chi connectivity index (χ1v) is 5.39. The number of hydrogen-bond acceptors (Lipinski definition) is 2. The van der Waals surface area contributed by atoms with E-state index in [0.29, 0.717) is 0 Å². The van der Waals surface area contributed by atoms with Gasteiger partial charge >= 0.3 is 0 Å². The van der Waals surface area contributed by atoms with Crippen molar-refractivity contribution in [3.63, 3.8) is 0 Å². The first-order valence-electron chi connectivity index (χ1n) is 4.59. The summed E-state index contributed by atoms with van der Waals surface area (Å²) in [4.78, 5) is 10.8. The maximum Gasteiger partial charge on any atom is 0.222 e. The van der Waals surface area contributed by atoms with Gasteiger partial charge < -0.3 is 11.1 Å². The van der Waals surface area contributed by atoms with E-state index in [4.69, 9.17) is 5.73 Å². The molecule has 1 aromatic carbocycles. The second kappa shape index (κ2) is 5.25. The lowest BCUT2D eigenvalue weighted by Gasteiger charge is -2.12. The van der Waals surface area contributed by atoms with Gasteiger partial charge in [-0.05, 0) is 22.0 Å². The third-order valence-electron chi connectivity index (χ3n) is 2.08. The second-order valence-electron chi connectivity index (χ2n) is 3.43. The first-order chi connectivity index (χ1) is 7.41. The fourth-order valence-corrected chi connectivity index (χ4v) is 1.62. The van der Waals surface area contributed by atoms with Crippen molar-refractivity contribution in [2.45, 2.75) is 6.92 Å². The minimum Gasteiger partial charge on any atom is -0.381 e. The zero-order valence-electron chi connectivity index (χ0n) is 8.56. The van der Waals surface area contributed by atoms with Crippen LogP contribution in [0.4, 0.5) is 14.5 Å². The number of benzene rings is 1. The monoisotopic (exact) mass is 292 g/mol. The third-order valence-corrected chi connectivity index (χ3v) is 2.70. The first kappa shape index (κ1) is 12.9. The number of carbonyl (C=O) groups is 1. The van der Waals surface area contributed by atoms with E-state index < -0.39 is 23.5 Å². The number of hydrogen-bond donors (Lipinski definition) is 2. The van der Waals surface area contributed by atoms with Crippen LogP contribution in [0.1, 0.15) is 6.92 Å². The molecule has 0 aliphatic carbocycles. The van der Waals surface area contributed by atoms with Crippen LogP contribution in [0.3, 0.4) is 0 Å². The van der Waals surface area contributed by atoms with E-state index in [1.807, 2.05) is 0 Å². The van der Waals surface area contributed by atoms with Gasteiger partial charge in [0.15, 0.2) is 0 Å². The zero-order valence-corrected chi connectivity index (χ0v) is 10.1. The normalized spacial score (nSPS) is 12.2. The van der Waals surface area contributed by atoms with Gasteiger partial charge in [-0.15, -0.1) is 0 Å². The van der Waals surface area contributed by atoms with E-state index in [9.17, 15) is 13.6 Å². The molecule has 0 aliphatic heterocycles. The summed E-state index contributed by atoms with van der Waals surface area (Å²) in [6, 6.07) is 1.91. The number of primary amides is 1. The molecule has 88 valence electrons. The summed E-state index contributed by atoms with van der Waals surface area (Å²) < 4.78 is 26.3. The van der Waals surface area contributed by atoms with Crippen molar-refractivity contribution in [2.75, 3.05) is 11.9 Å². The molecule has 6 heteroatoms. The summed E-state index contributed by atoms with van der Waals surface area (Å²) in [6.45, 7) is 1.81. The molecule has 16 heavy (non-hydrogen) atoms.